The molecule has 0 amide bonds. The molecule has 1 aromatic rings. The molecule has 0 unspecified atom stereocenters. The highest BCUT2D eigenvalue weighted by atomic mass is 19.1. The van der Waals surface area contributed by atoms with Crippen LogP contribution in [0, 0.1) is 5.82 Å². The van der Waals surface area contributed by atoms with Crippen molar-refractivity contribution in [3.05, 3.63) is 30.1 Å². The van der Waals surface area contributed by atoms with Crippen LogP contribution >= 0.6 is 0 Å². The minimum absolute atomic E-state index is 0.231. The number of nitrogens with zero attached hydrogens (tertiary/aromatic N) is 1. The Bertz CT molecular complexity index is 468. The summed E-state index contributed by atoms with van der Waals surface area (Å²) < 4.78 is 13.7. The molecule has 0 aromatic heterocycles. The topological polar surface area (TPSA) is 47.8 Å². The number of aliphatic carboxylic acids is 1. The number of carbonyl (C=O) groups is 1. The summed E-state index contributed by atoms with van der Waals surface area (Å²) in [5.41, 5.74) is -0.311. The first-order chi connectivity index (χ1) is 8.93. The minimum atomic E-state index is -1.04. The summed E-state index contributed by atoms with van der Waals surface area (Å²) >= 11 is 0. The molecular weight excluding hydrogens is 247 g/mol. The van der Waals surface area contributed by atoms with Gasteiger partial charge in [0.15, 0.2) is 0 Å². The van der Waals surface area contributed by atoms with Crippen LogP contribution in [0.2, 0.25) is 0 Å². The average molecular weight is 266 g/mol. The first-order valence-electron chi connectivity index (χ1n) is 6.49. The third-order valence-corrected chi connectivity index (χ3v) is 3.95. The largest absolute Gasteiger partial charge is 0.544 e. The number of rotatable bonds is 3. The Labute approximate surface area is 112 Å². The number of carbonyl (C=O) groups excluding carboxylic acids is 1. The van der Waals surface area contributed by atoms with Crippen molar-refractivity contribution in [2.75, 3.05) is 31.1 Å². The molecule has 0 spiro atoms. The van der Waals surface area contributed by atoms with E-state index in [0.717, 1.165) is 4.90 Å². The van der Waals surface area contributed by atoms with Crippen molar-refractivity contribution in [1.29, 1.82) is 0 Å². The Morgan fingerprint density at radius 1 is 1.32 bits per heavy atom. The van der Waals surface area contributed by atoms with Crippen LogP contribution in [-0.2, 0) is 4.79 Å². The van der Waals surface area contributed by atoms with Gasteiger partial charge in [-0.3, -0.25) is 0 Å². The van der Waals surface area contributed by atoms with Crippen molar-refractivity contribution in [2.24, 2.45) is 0 Å². The summed E-state index contributed by atoms with van der Waals surface area (Å²) in [6, 6.07) is 6.67. The van der Waals surface area contributed by atoms with Gasteiger partial charge >= 0.3 is 0 Å². The van der Waals surface area contributed by atoms with Gasteiger partial charge in [-0.05, 0) is 26.0 Å². The Kier molecular flexibility index (Phi) is 3.75. The molecule has 1 aliphatic heterocycles. The first-order valence-corrected chi connectivity index (χ1v) is 6.49. The van der Waals surface area contributed by atoms with Crippen molar-refractivity contribution < 1.29 is 19.2 Å². The third kappa shape index (κ3) is 2.71. The Hall–Kier alpha value is -1.62. The van der Waals surface area contributed by atoms with Gasteiger partial charge in [-0.2, -0.15) is 0 Å². The molecule has 5 heteroatoms. The molecule has 1 N–H and O–H groups in total. The molecule has 1 fully saturated rings. The van der Waals surface area contributed by atoms with Gasteiger partial charge in [-0.15, -0.1) is 0 Å². The van der Waals surface area contributed by atoms with E-state index in [9.17, 15) is 14.3 Å². The van der Waals surface area contributed by atoms with Crippen LogP contribution in [0.1, 0.15) is 13.8 Å². The number of piperazine rings is 1. The predicted octanol–water partition coefficient (Wildman–Crippen LogP) is -0.941. The molecule has 4 nitrogen and oxygen atoms in total. The van der Waals surface area contributed by atoms with Crippen molar-refractivity contribution in [3.63, 3.8) is 0 Å². The number of quaternary nitrogens is 1. The lowest BCUT2D eigenvalue weighted by atomic mass is 10.0. The number of carboxylic acid groups (broad SMARTS) is 1. The minimum Gasteiger partial charge on any atom is -0.544 e. The van der Waals surface area contributed by atoms with Gasteiger partial charge < -0.3 is 19.7 Å². The van der Waals surface area contributed by atoms with Crippen molar-refractivity contribution in [1.82, 2.24) is 0 Å². The van der Waals surface area contributed by atoms with E-state index >= 15 is 0 Å². The molecule has 1 saturated heterocycles. The lowest BCUT2D eigenvalue weighted by molar-refractivity contribution is -0.941. The van der Waals surface area contributed by atoms with Gasteiger partial charge in [0.1, 0.15) is 17.3 Å². The third-order valence-electron chi connectivity index (χ3n) is 3.95. The maximum Gasteiger partial charge on any atom is 0.146 e. The molecule has 1 aromatic carbocycles. The standard InChI is InChI=1S/C14H19FN2O2/c1-14(2,13(18)19)17-9-7-16(8-10-17)12-6-4-3-5-11(12)15/h3-6H,7-10H2,1-2H3,(H,18,19). The molecule has 0 bridgehead atoms. The van der Waals surface area contributed by atoms with Crippen LogP contribution in [0.25, 0.3) is 0 Å². The van der Waals surface area contributed by atoms with Crippen LogP contribution in [0.4, 0.5) is 10.1 Å². The fraction of sp³-hybridized carbons (Fsp3) is 0.500. The van der Waals surface area contributed by atoms with Crippen molar-refractivity contribution in [2.45, 2.75) is 19.4 Å². The fourth-order valence-electron chi connectivity index (χ4n) is 2.50. The van der Waals surface area contributed by atoms with Crippen LogP contribution < -0.4 is 14.9 Å². The fourth-order valence-corrected chi connectivity index (χ4v) is 2.50. The van der Waals surface area contributed by atoms with Gasteiger partial charge in [-0.25, -0.2) is 4.39 Å². The Morgan fingerprint density at radius 2 is 1.89 bits per heavy atom. The van der Waals surface area contributed by atoms with Gasteiger partial charge in [-0.1, -0.05) is 12.1 Å². The molecule has 19 heavy (non-hydrogen) atoms. The van der Waals surface area contributed by atoms with E-state index in [1.165, 1.54) is 6.07 Å². The molecule has 0 aliphatic carbocycles. The second-order valence-electron chi connectivity index (χ2n) is 5.45. The van der Waals surface area contributed by atoms with Gasteiger partial charge in [0.05, 0.1) is 31.9 Å². The summed E-state index contributed by atoms with van der Waals surface area (Å²) in [6.45, 7) is 5.97. The first kappa shape index (κ1) is 13.8. The zero-order valence-corrected chi connectivity index (χ0v) is 11.3. The van der Waals surface area contributed by atoms with Crippen LogP contribution in [0.5, 0.6) is 0 Å². The maximum atomic E-state index is 13.7. The molecule has 0 radical (unpaired) electrons. The van der Waals surface area contributed by atoms with Gasteiger partial charge in [0.2, 0.25) is 0 Å². The maximum absolute atomic E-state index is 13.7. The monoisotopic (exact) mass is 266 g/mol. The summed E-state index contributed by atoms with van der Waals surface area (Å²) in [6.07, 6.45) is 0. The number of benzene rings is 1. The van der Waals surface area contributed by atoms with E-state index in [2.05, 4.69) is 0 Å². The number of halogens is 1. The number of carboxylic acids is 1. The van der Waals surface area contributed by atoms with E-state index in [-0.39, 0.29) is 5.82 Å². The molecule has 2 rings (SSSR count). The Balaban J connectivity index is 2.04. The highest BCUT2D eigenvalue weighted by Crippen LogP contribution is 2.18. The molecule has 0 saturated carbocycles. The normalized spacial score (nSPS) is 17.5. The number of nitrogens with one attached hydrogen (secondary N) is 1. The number of anilines is 1. The van der Waals surface area contributed by atoms with E-state index in [1.807, 2.05) is 11.0 Å². The summed E-state index contributed by atoms with van der Waals surface area (Å²) in [5.74, 6) is -1.27. The molecule has 1 aliphatic rings. The zero-order valence-electron chi connectivity index (χ0n) is 11.3. The van der Waals surface area contributed by atoms with Crippen molar-refractivity contribution >= 4 is 11.7 Å². The van der Waals surface area contributed by atoms with Gasteiger partial charge in [0.25, 0.3) is 0 Å². The molecule has 0 atom stereocenters. The molecular formula is C14H19FN2O2. The summed E-state index contributed by atoms with van der Waals surface area (Å²) in [5, 5.41) is 11.1. The van der Waals surface area contributed by atoms with E-state index < -0.39 is 11.5 Å². The van der Waals surface area contributed by atoms with Crippen LogP contribution in [0.15, 0.2) is 24.3 Å². The number of hydrogen-bond acceptors (Lipinski definition) is 3. The SMILES string of the molecule is CC(C)(C(=O)[O-])[NH+]1CCN(c2ccccc2F)CC1. The summed E-state index contributed by atoms with van der Waals surface area (Å²) in [7, 11) is 0. The average Bonchev–Trinajstić information content (AvgIpc) is 2.39. The zero-order chi connectivity index (χ0) is 14.0. The lowest BCUT2D eigenvalue weighted by Gasteiger charge is -2.42. The molecule has 104 valence electrons. The van der Waals surface area contributed by atoms with E-state index in [1.54, 1.807) is 26.0 Å². The number of hydrogen-bond donors (Lipinski definition) is 1. The lowest BCUT2D eigenvalue weighted by Crippen LogP contribution is -3.23. The molecule has 1 heterocycles. The smallest absolute Gasteiger partial charge is 0.146 e. The second-order valence-corrected chi connectivity index (χ2v) is 5.45. The van der Waals surface area contributed by atoms with Crippen LogP contribution in [0.3, 0.4) is 0 Å². The Morgan fingerprint density at radius 3 is 2.42 bits per heavy atom. The summed E-state index contributed by atoms with van der Waals surface area (Å²) in [4.78, 5) is 14.1. The quantitative estimate of drug-likeness (QED) is 0.768. The van der Waals surface area contributed by atoms with Gasteiger partial charge in [0, 0.05) is 0 Å². The highest BCUT2D eigenvalue weighted by molar-refractivity contribution is 5.73. The van der Waals surface area contributed by atoms with E-state index in [4.69, 9.17) is 0 Å². The number of para-hydroxylation sites is 1. The van der Waals surface area contributed by atoms with E-state index in [0.29, 0.717) is 31.9 Å². The van der Waals surface area contributed by atoms with Crippen molar-refractivity contribution in [3.8, 4) is 0 Å². The highest BCUT2D eigenvalue weighted by Gasteiger charge is 2.35. The predicted molar refractivity (Wildman–Crippen MR) is 68.4 cm³/mol. The van der Waals surface area contributed by atoms with Crippen LogP contribution in [-0.4, -0.2) is 37.7 Å². The second kappa shape index (κ2) is 5.17.